The average molecular weight is 328 g/mol. The lowest BCUT2D eigenvalue weighted by Crippen LogP contribution is -2.33. The molecule has 0 saturated carbocycles. The van der Waals surface area contributed by atoms with Gasteiger partial charge in [0.05, 0.1) is 0 Å². The van der Waals surface area contributed by atoms with Gasteiger partial charge in [0, 0.05) is 22.1 Å². The highest BCUT2D eigenvalue weighted by molar-refractivity contribution is 9.10. The van der Waals surface area contributed by atoms with Crippen molar-refractivity contribution in [3.63, 3.8) is 0 Å². The number of amidine groups is 1. The molecule has 106 valence electrons. The molecule has 0 fully saturated rings. The first-order valence-electron chi connectivity index (χ1n) is 6.41. The highest BCUT2D eigenvalue weighted by Crippen LogP contribution is 2.24. The molecular formula is C14H22BrN3O. The molecule has 5 heteroatoms. The van der Waals surface area contributed by atoms with Crippen LogP contribution in [0.15, 0.2) is 27.8 Å². The van der Waals surface area contributed by atoms with Crippen LogP contribution in [0, 0.1) is 5.41 Å². The molecule has 0 aromatic heterocycles. The lowest BCUT2D eigenvalue weighted by Gasteiger charge is -2.23. The van der Waals surface area contributed by atoms with Crippen molar-refractivity contribution in [2.45, 2.75) is 33.6 Å². The van der Waals surface area contributed by atoms with Crippen molar-refractivity contribution in [1.29, 1.82) is 0 Å². The van der Waals surface area contributed by atoms with Gasteiger partial charge in [-0.1, -0.05) is 41.9 Å². The molecule has 0 spiro atoms. The van der Waals surface area contributed by atoms with E-state index in [4.69, 9.17) is 10.9 Å². The van der Waals surface area contributed by atoms with E-state index in [0.717, 1.165) is 29.5 Å². The molecule has 1 aromatic rings. The number of aryl methyl sites for hydroxylation is 1. The summed E-state index contributed by atoms with van der Waals surface area (Å²) in [5, 5.41) is 15.2. The fraction of sp³-hybridized carbons (Fsp3) is 0.500. The smallest absolute Gasteiger partial charge is 0.144 e. The first-order chi connectivity index (χ1) is 8.90. The first kappa shape index (κ1) is 15.8. The van der Waals surface area contributed by atoms with Gasteiger partial charge in [-0.15, -0.1) is 0 Å². The van der Waals surface area contributed by atoms with Crippen molar-refractivity contribution in [3.8, 4) is 0 Å². The number of hydrogen-bond acceptors (Lipinski definition) is 3. The normalized spacial score (nSPS) is 12.5. The standard InChI is InChI=1S/C14H22BrN3O/c1-4-10-9-11(15)5-6-12(10)17-8-7-14(2,3)13(16)18-19/h5-6,9,17,19H,4,7-8H2,1-3H3,(H2,16,18). The van der Waals surface area contributed by atoms with E-state index in [2.05, 4.69) is 45.5 Å². The Morgan fingerprint density at radius 1 is 1.47 bits per heavy atom. The number of halogens is 1. The lowest BCUT2D eigenvalue weighted by atomic mass is 9.88. The van der Waals surface area contributed by atoms with E-state index in [0.29, 0.717) is 0 Å². The summed E-state index contributed by atoms with van der Waals surface area (Å²) < 4.78 is 1.09. The molecule has 1 rings (SSSR count). The Kier molecular flexibility index (Phi) is 5.66. The Bertz CT molecular complexity index is 458. The third-order valence-electron chi connectivity index (χ3n) is 3.31. The minimum absolute atomic E-state index is 0.265. The summed E-state index contributed by atoms with van der Waals surface area (Å²) in [6.45, 7) is 6.84. The second-order valence-corrected chi connectivity index (χ2v) is 6.12. The fourth-order valence-corrected chi connectivity index (χ4v) is 2.21. The highest BCUT2D eigenvalue weighted by atomic mass is 79.9. The second-order valence-electron chi connectivity index (χ2n) is 5.20. The summed E-state index contributed by atoms with van der Waals surface area (Å²) in [7, 11) is 0. The van der Waals surface area contributed by atoms with Gasteiger partial charge in [-0.3, -0.25) is 0 Å². The van der Waals surface area contributed by atoms with Crippen LogP contribution < -0.4 is 11.1 Å². The van der Waals surface area contributed by atoms with Crippen LogP contribution in [0.1, 0.15) is 32.8 Å². The predicted molar refractivity (Wildman–Crippen MR) is 83.8 cm³/mol. The second kappa shape index (κ2) is 6.80. The predicted octanol–water partition coefficient (Wildman–Crippen LogP) is 3.59. The van der Waals surface area contributed by atoms with Crippen molar-refractivity contribution in [3.05, 3.63) is 28.2 Å². The minimum Gasteiger partial charge on any atom is -0.409 e. The van der Waals surface area contributed by atoms with Gasteiger partial charge >= 0.3 is 0 Å². The minimum atomic E-state index is -0.316. The molecule has 0 aliphatic rings. The van der Waals surface area contributed by atoms with Crippen LogP contribution in [-0.2, 0) is 6.42 Å². The first-order valence-corrected chi connectivity index (χ1v) is 7.20. The molecular weight excluding hydrogens is 306 g/mol. The van der Waals surface area contributed by atoms with E-state index < -0.39 is 0 Å². The largest absolute Gasteiger partial charge is 0.409 e. The van der Waals surface area contributed by atoms with Crippen molar-refractivity contribution in [1.82, 2.24) is 0 Å². The summed E-state index contributed by atoms with van der Waals surface area (Å²) in [5.41, 5.74) is 7.77. The van der Waals surface area contributed by atoms with Crippen LogP contribution in [-0.4, -0.2) is 17.6 Å². The summed E-state index contributed by atoms with van der Waals surface area (Å²) in [4.78, 5) is 0. The number of hydrogen-bond donors (Lipinski definition) is 3. The van der Waals surface area contributed by atoms with Crippen molar-refractivity contribution in [2.75, 3.05) is 11.9 Å². The average Bonchev–Trinajstić information content (AvgIpc) is 2.39. The van der Waals surface area contributed by atoms with Gasteiger partial charge in [0.1, 0.15) is 5.84 Å². The van der Waals surface area contributed by atoms with E-state index in [9.17, 15) is 0 Å². The third-order valence-corrected chi connectivity index (χ3v) is 3.81. The third kappa shape index (κ3) is 4.42. The molecule has 0 saturated heterocycles. The Morgan fingerprint density at radius 2 is 2.16 bits per heavy atom. The molecule has 1 aromatic carbocycles. The van der Waals surface area contributed by atoms with Gasteiger partial charge in [-0.25, -0.2) is 0 Å². The Hall–Kier alpha value is -1.23. The number of nitrogens with zero attached hydrogens (tertiary/aromatic N) is 1. The highest BCUT2D eigenvalue weighted by Gasteiger charge is 2.22. The number of nitrogens with one attached hydrogen (secondary N) is 1. The van der Waals surface area contributed by atoms with Crippen LogP contribution >= 0.6 is 15.9 Å². The van der Waals surface area contributed by atoms with Gasteiger partial charge < -0.3 is 16.3 Å². The monoisotopic (exact) mass is 327 g/mol. The molecule has 0 bridgehead atoms. The molecule has 0 amide bonds. The Morgan fingerprint density at radius 3 is 2.74 bits per heavy atom. The Balaban J connectivity index is 2.63. The zero-order chi connectivity index (χ0) is 14.5. The maximum absolute atomic E-state index is 8.74. The zero-order valence-electron chi connectivity index (χ0n) is 11.7. The number of oxime groups is 1. The van der Waals surface area contributed by atoms with Crippen LogP contribution in [0.4, 0.5) is 5.69 Å². The van der Waals surface area contributed by atoms with E-state index in [-0.39, 0.29) is 11.3 Å². The van der Waals surface area contributed by atoms with Crippen molar-refractivity contribution >= 4 is 27.5 Å². The molecule has 0 unspecified atom stereocenters. The van der Waals surface area contributed by atoms with E-state index >= 15 is 0 Å². The Labute approximate surface area is 123 Å². The van der Waals surface area contributed by atoms with Gasteiger partial charge in [-0.2, -0.15) is 0 Å². The number of nitrogens with two attached hydrogens (primary N) is 1. The van der Waals surface area contributed by atoms with E-state index in [1.807, 2.05) is 19.9 Å². The molecule has 0 heterocycles. The summed E-state index contributed by atoms with van der Waals surface area (Å²) in [6, 6.07) is 6.21. The zero-order valence-corrected chi connectivity index (χ0v) is 13.3. The van der Waals surface area contributed by atoms with Gasteiger partial charge in [-0.05, 0) is 36.6 Å². The van der Waals surface area contributed by atoms with Gasteiger partial charge in [0.2, 0.25) is 0 Å². The molecule has 0 aliphatic heterocycles. The van der Waals surface area contributed by atoms with Gasteiger partial charge in [0.25, 0.3) is 0 Å². The molecule has 0 atom stereocenters. The van der Waals surface area contributed by atoms with Crippen LogP contribution in [0.3, 0.4) is 0 Å². The fourth-order valence-electron chi connectivity index (χ4n) is 1.80. The van der Waals surface area contributed by atoms with Gasteiger partial charge in [0.15, 0.2) is 0 Å². The summed E-state index contributed by atoms with van der Waals surface area (Å²) in [6.07, 6.45) is 1.77. The van der Waals surface area contributed by atoms with Crippen LogP contribution in [0.25, 0.3) is 0 Å². The quantitative estimate of drug-likeness (QED) is 0.323. The SMILES string of the molecule is CCc1cc(Br)ccc1NCCC(C)(C)/C(N)=N/O. The maximum atomic E-state index is 8.74. The summed E-state index contributed by atoms with van der Waals surface area (Å²) >= 11 is 3.48. The van der Waals surface area contributed by atoms with Crippen LogP contribution in [0.5, 0.6) is 0 Å². The van der Waals surface area contributed by atoms with Crippen LogP contribution in [0.2, 0.25) is 0 Å². The summed E-state index contributed by atoms with van der Waals surface area (Å²) in [5.74, 6) is 0.265. The number of anilines is 1. The number of rotatable bonds is 6. The molecule has 4 nitrogen and oxygen atoms in total. The van der Waals surface area contributed by atoms with Crippen molar-refractivity contribution in [2.24, 2.45) is 16.3 Å². The van der Waals surface area contributed by atoms with Crippen molar-refractivity contribution < 1.29 is 5.21 Å². The molecule has 0 aliphatic carbocycles. The van der Waals surface area contributed by atoms with E-state index in [1.165, 1.54) is 5.56 Å². The maximum Gasteiger partial charge on any atom is 0.144 e. The molecule has 0 radical (unpaired) electrons. The number of benzene rings is 1. The lowest BCUT2D eigenvalue weighted by molar-refractivity contribution is 0.306. The topological polar surface area (TPSA) is 70.6 Å². The molecule has 4 N–H and O–H groups in total. The van der Waals surface area contributed by atoms with E-state index in [1.54, 1.807) is 0 Å². The molecule has 19 heavy (non-hydrogen) atoms.